The number of fused-ring (bicyclic) bond motifs is 1. The summed E-state index contributed by atoms with van der Waals surface area (Å²) in [5.41, 5.74) is 7.04. The predicted molar refractivity (Wildman–Crippen MR) is 126 cm³/mol. The molecule has 1 aromatic heterocycles. The van der Waals surface area contributed by atoms with E-state index in [1.54, 1.807) is 6.20 Å². The van der Waals surface area contributed by atoms with E-state index < -0.39 is 29.8 Å². The summed E-state index contributed by atoms with van der Waals surface area (Å²) in [6, 6.07) is 5.73. The second-order valence-corrected chi connectivity index (χ2v) is 9.04. The zero-order valence-electron chi connectivity index (χ0n) is 19.6. The van der Waals surface area contributed by atoms with Gasteiger partial charge in [-0.1, -0.05) is 24.6 Å². The largest absolute Gasteiger partial charge is 0.370 e. The van der Waals surface area contributed by atoms with Gasteiger partial charge in [0.25, 0.3) is 0 Å². The van der Waals surface area contributed by atoms with Gasteiger partial charge in [0.15, 0.2) is 5.78 Å². The van der Waals surface area contributed by atoms with Crippen LogP contribution in [0.3, 0.4) is 0 Å². The number of H-pyrrole nitrogens is 1. The number of aromatic nitrogens is 1. The molecule has 0 bridgehead atoms. The van der Waals surface area contributed by atoms with E-state index in [9.17, 15) is 24.0 Å². The molecule has 0 aliphatic heterocycles. The summed E-state index contributed by atoms with van der Waals surface area (Å²) in [5.74, 6) is -2.68. The summed E-state index contributed by atoms with van der Waals surface area (Å²) in [7, 11) is 0. The van der Waals surface area contributed by atoms with Gasteiger partial charge in [-0.2, -0.15) is 0 Å². The van der Waals surface area contributed by atoms with E-state index in [1.165, 1.54) is 13.8 Å². The van der Waals surface area contributed by atoms with Crippen molar-refractivity contribution in [1.82, 2.24) is 15.6 Å². The molecule has 1 aliphatic carbocycles. The third kappa shape index (κ3) is 6.09. The summed E-state index contributed by atoms with van der Waals surface area (Å²) < 4.78 is 0. The van der Waals surface area contributed by atoms with Gasteiger partial charge in [-0.3, -0.25) is 24.0 Å². The molecule has 1 saturated carbocycles. The number of Topliss-reactive ketones (excluding diaryl/α,β-unsaturated/α-hetero) is 2. The minimum atomic E-state index is -0.968. The lowest BCUT2D eigenvalue weighted by Crippen LogP contribution is -2.53. The average Bonchev–Trinajstić information content (AvgIpc) is 3.43. The molecule has 0 spiro atoms. The number of nitrogens with one attached hydrogen (secondary N) is 3. The van der Waals surface area contributed by atoms with E-state index in [0.717, 1.165) is 22.9 Å². The van der Waals surface area contributed by atoms with Crippen LogP contribution >= 0.6 is 0 Å². The second kappa shape index (κ2) is 11.1. The highest BCUT2D eigenvalue weighted by atomic mass is 16.2. The number of hydrogen-bond acceptors (Lipinski definition) is 5. The van der Waals surface area contributed by atoms with Crippen LogP contribution in [0, 0.1) is 11.8 Å². The SMILES string of the molecule is CC(=O)N[C@@H](Cc1c[nH]c2ccccc12)C(=O)N[C@@H](CCC(N)=O)C(=O)C1CCC[C@H]1C(C)=O. The number of para-hydroxylation sites is 1. The van der Waals surface area contributed by atoms with Gasteiger partial charge in [-0.05, 0) is 37.8 Å². The van der Waals surface area contributed by atoms with Crippen molar-refractivity contribution in [3.8, 4) is 0 Å². The predicted octanol–water partition coefficient (Wildman–Crippen LogP) is 1.54. The molecule has 4 atom stereocenters. The molecule has 182 valence electrons. The number of ketones is 2. The van der Waals surface area contributed by atoms with Crippen LogP contribution in [0.2, 0.25) is 0 Å². The molecule has 1 heterocycles. The monoisotopic (exact) mass is 468 g/mol. The Labute approximate surface area is 198 Å². The van der Waals surface area contributed by atoms with Crippen molar-refractivity contribution in [2.45, 2.75) is 64.5 Å². The number of nitrogens with two attached hydrogens (primary N) is 1. The van der Waals surface area contributed by atoms with Crippen molar-refractivity contribution < 1.29 is 24.0 Å². The number of primary amides is 1. The van der Waals surface area contributed by atoms with Gasteiger partial charge in [0.05, 0.1) is 6.04 Å². The molecular formula is C25H32N4O5. The first kappa shape index (κ1) is 25.1. The van der Waals surface area contributed by atoms with Crippen molar-refractivity contribution >= 4 is 40.2 Å². The number of amides is 3. The second-order valence-electron chi connectivity index (χ2n) is 9.04. The molecule has 0 saturated heterocycles. The maximum absolute atomic E-state index is 13.3. The molecule has 1 aliphatic rings. The van der Waals surface area contributed by atoms with Crippen molar-refractivity contribution in [2.75, 3.05) is 0 Å². The van der Waals surface area contributed by atoms with Gasteiger partial charge in [-0.25, -0.2) is 0 Å². The fourth-order valence-electron chi connectivity index (χ4n) is 4.87. The van der Waals surface area contributed by atoms with E-state index in [0.29, 0.717) is 12.8 Å². The standard InChI is InChI=1S/C25H32N4O5/c1-14(30)17-7-5-8-19(17)24(33)21(10-11-23(26)32)29-25(34)22(28-15(2)31)12-16-13-27-20-9-4-3-6-18(16)20/h3-4,6,9,13,17,19,21-22,27H,5,7-8,10-12H2,1-2H3,(H2,26,32)(H,28,31)(H,29,34)/t17-,19?,21-,22-/m0/s1. The van der Waals surface area contributed by atoms with Crippen molar-refractivity contribution in [3.63, 3.8) is 0 Å². The first-order chi connectivity index (χ1) is 16.2. The van der Waals surface area contributed by atoms with Crippen LogP contribution in [0.5, 0.6) is 0 Å². The smallest absolute Gasteiger partial charge is 0.243 e. The molecule has 1 unspecified atom stereocenters. The van der Waals surface area contributed by atoms with Gasteiger partial charge in [-0.15, -0.1) is 0 Å². The van der Waals surface area contributed by atoms with E-state index >= 15 is 0 Å². The van der Waals surface area contributed by atoms with E-state index in [-0.39, 0.29) is 42.7 Å². The van der Waals surface area contributed by atoms with Crippen molar-refractivity contribution in [1.29, 1.82) is 0 Å². The molecule has 3 amide bonds. The maximum atomic E-state index is 13.3. The fourth-order valence-corrected chi connectivity index (χ4v) is 4.87. The Morgan fingerprint density at radius 2 is 1.74 bits per heavy atom. The first-order valence-electron chi connectivity index (χ1n) is 11.6. The Bertz CT molecular complexity index is 1090. The van der Waals surface area contributed by atoms with E-state index in [1.807, 2.05) is 24.3 Å². The van der Waals surface area contributed by atoms with Crippen LogP contribution in [0.1, 0.15) is 51.5 Å². The minimum Gasteiger partial charge on any atom is -0.370 e. The number of benzene rings is 1. The van der Waals surface area contributed by atoms with Gasteiger partial charge in [0, 0.05) is 48.7 Å². The van der Waals surface area contributed by atoms with Crippen LogP contribution in [0.15, 0.2) is 30.5 Å². The third-order valence-corrected chi connectivity index (χ3v) is 6.54. The molecule has 1 fully saturated rings. The normalized spacial score (nSPS) is 19.4. The number of hydrogen-bond donors (Lipinski definition) is 4. The summed E-state index contributed by atoms with van der Waals surface area (Å²) in [5, 5.41) is 6.34. The summed E-state index contributed by atoms with van der Waals surface area (Å²) in [4.78, 5) is 65.0. The summed E-state index contributed by atoms with van der Waals surface area (Å²) >= 11 is 0. The quantitative estimate of drug-likeness (QED) is 0.394. The molecule has 9 heteroatoms. The minimum absolute atomic E-state index is 0.0426. The Morgan fingerprint density at radius 3 is 2.41 bits per heavy atom. The Kier molecular flexibility index (Phi) is 8.20. The van der Waals surface area contributed by atoms with Crippen LogP contribution in [-0.2, 0) is 30.4 Å². The molecule has 34 heavy (non-hydrogen) atoms. The van der Waals surface area contributed by atoms with Gasteiger partial charge >= 0.3 is 0 Å². The molecule has 9 nitrogen and oxygen atoms in total. The zero-order valence-corrected chi connectivity index (χ0v) is 19.6. The first-order valence-corrected chi connectivity index (χ1v) is 11.6. The van der Waals surface area contributed by atoms with Crippen molar-refractivity contribution in [2.24, 2.45) is 17.6 Å². The number of rotatable bonds is 11. The lowest BCUT2D eigenvalue weighted by atomic mass is 9.84. The van der Waals surface area contributed by atoms with Crippen LogP contribution in [-0.4, -0.2) is 46.4 Å². The number of aromatic amines is 1. The maximum Gasteiger partial charge on any atom is 0.243 e. The molecule has 0 radical (unpaired) electrons. The average molecular weight is 469 g/mol. The van der Waals surface area contributed by atoms with Crippen molar-refractivity contribution in [3.05, 3.63) is 36.0 Å². The molecule has 2 aromatic rings. The lowest BCUT2D eigenvalue weighted by Gasteiger charge is -2.26. The molecule has 1 aromatic carbocycles. The van der Waals surface area contributed by atoms with E-state index in [4.69, 9.17) is 5.73 Å². The summed E-state index contributed by atoms with van der Waals surface area (Å²) in [6.07, 6.45) is 3.92. The Balaban J connectivity index is 1.80. The Morgan fingerprint density at radius 1 is 1.03 bits per heavy atom. The highest BCUT2D eigenvalue weighted by molar-refractivity contribution is 5.96. The number of carbonyl (C=O) groups excluding carboxylic acids is 5. The highest BCUT2D eigenvalue weighted by Gasteiger charge is 2.39. The van der Waals surface area contributed by atoms with E-state index in [2.05, 4.69) is 15.6 Å². The topological polar surface area (TPSA) is 151 Å². The fraction of sp³-hybridized carbons (Fsp3) is 0.480. The zero-order chi connectivity index (χ0) is 24.8. The van der Waals surface area contributed by atoms with Gasteiger partial charge in [0.2, 0.25) is 17.7 Å². The van der Waals surface area contributed by atoms with Crippen LogP contribution < -0.4 is 16.4 Å². The van der Waals surface area contributed by atoms with Gasteiger partial charge in [0.1, 0.15) is 11.8 Å². The molecule has 3 rings (SSSR count). The number of carbonyl (C=O) groups is 5. The molecule has 5 N–H and O–H groups in total. The summed E-state index contributed by atoms with van der Waals surface area (Å²) in [6.45, 7) is 2.79. The Hall–Kier alpha value is -3.49. The van der Waals surface area contributed by atoms with Crippen LogP contribution in [0.4, 0.5) is 0 Å². The lowest BCUT2D eigenvalue weighted by molar-refractivity contribution is -0.135. The molecular weight excluding hydrogens is 436 g/mol. The van der Waals surface area contributed by atoms with Gasteiger partial charge < -0.3 is 21.4 Å². The third-order valence-electron chi connectivity index (χ3n) is 6.54. The van der Waals surface area contributed by atoms with Crippen LogP contribution in [0.25, 0.3) is 10.9 Å². The highest BCUT2D eigenvalue weighted by Crippen LogP contribution is 2.34.